The highest BCUT2D eigenvalue weighted by Gasteiger charge is 2.18. The molecule has 3 rings (SSSR count). The van der Waals surface area contributed by atoms with Gasteiger partial charge in [0.15, 0.2) is 0 Å². The van der Waals surface area contributed by atoms with E-state index in [9.17, 15) is 4.79 Å². The van der Waals surface area contributed by atoms with E-state index in [-0.39, 0.29) is 11.9 Å². The summed E-state index contributed by atoms with van der Waals surface area (Å²) in [6.07, 6.45) is 5.33. The van der Waals surface area contributed by atoms with Crippen LogP contribution in [0.2, 0.25) is 0 Å². The van der Waals surface area contributed by atoms with E-state index in [1.165, 1.54) is 5.56 Å². The molecule has 0 unspecified atom stereocenters. The van der Waals surface area contributed by atoms with E-state index in [2.05, 4.69) is 48.0 Å². The summed E-state index contributed by atoms with van der Waals surface area (Å²) in [4.78, 5) is 12.7. The van der Waals surface area contributed by atoms with E-state index in [0.717, 1.165) is 23.2 Å². The molecule has 0 saturated heterocycles. The van der Waals surface area contributed by atoms with Gasteiger partial charge in [-0.1, -0.05) is 55.0 Å². The van der Waals surface area contributed by atoms with E-state index >= 15 is 0 Å². The molecule has 0 aliphatic rings. The fraction of sp³-hybridized carbons (Fsp3) is 0.227. The number of amides is 1. The normalized spacial score (nSPS) is 11.9. The first kappa shape index (κ1) is 17.0. The molecule has 128 valence electrons. The minimum atomic E-state index is -0.0105. The number of carbonyl (C=O) groups is 1. The summed E-state index contributed by atoms with van der Waals surface area (Å²) < 4.78 is 2.10. The lowest BCUT2D eigenvalue weighted by atomic mass is 10.0. The van der Waals surface area contributed by atoms with Gasteiger partial charge in [-0.2, -0.15) is 0 Å². The first-order valence-electron chi connectivity index (χ1n) is 8.74. The predicted octanol–water partition coefficient (Wildman–Crippen LogP) is 4.98. The highest BCUT2D eigenvalue weighted by atomic mass is 16.1. The molecule has 3 nitrogen and oxygen atoms in total. The zero-order chi connectivity index (χ0) is 17.6. The molecular weight excluding hydrogens is 308 g/mol. The lowest BCUT2D eigenvalue weighted by Crippen LogP contribution is -2.20. The Bertz CT molecular complexity index is 837. The molecule has 0 aliphatic heterocycles. The zero-order valence-corrected chi connectivity index (χ0v) is 14.8. The van der Waals surface area contributed by atoms with Crippen LogP contribution in [0.3, 0.4) is 0 Å². The maximum atomic E-state index is 12.7. The van der Waals surface area contributed by atoms with Gasteiger partial charge < -0.3 is 9.88 Å². The quantitative estimate of drug-likeness (QED) is 0.679. The van der Waals surface area contributed by atoms with Gasteiger partial charge in [-0.3, -0.25) is 4.79 Å². The van der Waals surface area contributed by atoms with Gasteiger partial charge >= 0.3 is 0 Å². The average molecular weight is 332 g/mol. The van der Waals surface area contributed by atoms with Crippen LogP contribution in [0, 0.1) is 6.92 Å². The molecule has 2 aromatic carbocycles. The van der Waals surface area contributed by atoms with Crippen LogP contribution in [-0.2, 0) is 11.2 Å². The van der Waals surface area contributed by atoms with Crippen LogP contribution < -0.4 is 5.32 Å². The van der Waals surface area contributed by atoms with E-state index < -0.39 is 0 Å². The second-order valence-corrected chi connectivity index (χ2v) is 6.32. The second-order valence-electron chi connectivity index (χ2n) is 6.32. The number of aryl methyl sites for hydroxylation is 2. The molecule has 1 heterocycles. The predicted molar refractivity (Wildman–Crippen MR) is 103 cm³/mol. The minimum Gasteiger partial charge on any atom is -0.346 e. The summed E-state index contributed by atoms with van der Waals surface area (Å²) in [7, 11) is 0. The van der Waals surface area contributed by atoms with Crippen LogP contribution >= 0.6 is 0 Å². The number of benzene rings is 2. The molecule has 25 heavy (non-hydrogen) atoms. The van der Waals surface area contributed by atoms with Crippen LogP contribution in [0.15, 0.2) is 73.1 Å². The largest absolute Gasteiger partial charge is 0.346 e. The highest BCUT2D eigenvalue weighted by Crippen LogP contribution is 2.24. The maximum Gasteiger partial charge on any atom is 0.226 e. The molecule has 1 N–H and O–H groups in total. The fourth-order valence-corrected chi connectivity index (χ4v) is 3.16. The zero-order valence-electron chi connectivity index (χ0n) is 14.8. The summed E-state index contributed by atoms with van der Waals surface area (Å²) in [5.41, 5.74) is 4.41. The summed E-state index contributed by atoms with van der Waals surface area (Å²) >= 11 is 0. The molecule has 0 radical (unpaired) electrons. The average Bonchev–Trinajstić information content (AvgIpc) is 3.14. The van der Waals surface area contributed by atoms with Crippen LogP contribution in [0.1, 0.15) is 36.1 Å². The number of anilines is 1. The van der Waals surface area contributed by atoms with E-state index in [4.69, 9.17) is 0 Å². The molecule has 1 atom stereocenters. The van der Waals surface area contributed by atoms with E-state index in [1.807, 2.05) is 48.8 Å². The molecule has 1 amide bonds. The van der Waals surface area contributed by atoms with Crippen molar-refractivity contribution in [1.29, 1.82) is 0 Å². The Labute approximate surface area is 149 Å². The molecule has 0 saturated carbocycles. The standard InChI is InChI=1S/C22H24N2O/c1-3-18-10-4-5-12-20(18)23-22(25)16-21(24-13-6-7-14-24)19-11-8-9-17(2)15-19/h4-15,21H,3,16H2,1-2H3,(H,23,25)/t21-/m0/s1. The van der Waals surface area contributed by atoms with Gasteiger partial charge in [0, 0.05) is 18.1 Å². The molecular formula is C22H24N2O. The van der Waals surface area contributed by atoms with Gasteiger partial charge in [0.05, 0.1) is 12.5 Å². The molecule has 3 aromatic rings. The molecule has 0 spiro atoms. The Kier molecular flexibility index (Phi) is 5.34. The number of hydrogen-bond donors (Lipinski definition) is 1. The Morgan fingerprint density at radius 1 is 1.04 bits per heavy atom. The van der Waals surface area contributed by atoms with Crippen LogP contribution in [0.25, 0.3) is 0 Å². The molecule has 3 heteroatoms. The van der Waals surface area contributed by atoms with E-state index in [0.29, 0.717) is 6.42 Å². The smallest absolute Gasteiger partial charge is 0.226 e. The number of hydrogen-bond acceptors (Lipinski definition) is 1. The molecule has 0 fully saturated rings. The monoisotopic (exact) mass is 332 g/mol. The van der Waals surface area contributed by atoms with Crippen molar-refractivity contribution in [1.82, 2.24) is 4.57 Å². The number of para-hydroxylation sites is 1. The van der Waals surface area contributed by atoms with Crippen LogP contribution in [0.4, 0.5) is 5.69 Å². The Morgan fingerprint density at radius 2 is 1.80 bits per heavy atom. The number of carbonyl (C=O) groups excluding carboxylic acids is 1. The third-order valence-corrected chi connectivity index (χ3v) is 4.47. The first-order chi connectivity index (χ1) is 12.2. The van der Waals surface area contributed by atoms with Gasteiger partial charge in [-0.05, 0) is 42.7 Å². The van der Waals surface area contributed by atoms with Crippen molar-refractivity contribution >= 4 is 11.6 Å². The number of aromatic nitrogens is 1. The molecule has 0 aliphatic carbocycles. The minimum absolute atomic E-state index is 0.0105. The van der Waals surface area contributed by atoms with Crippen molar-refractivity contribution in [2.45, 2.75) is 32.7 Å². The Hall–Kier alpha value is -2.81. The lowest BCUT2D eigenvalue weighted by Gasteiger charge is -2.20. The third kappa shape index (κ3) is 4.18. The van der Waals surface area contributed by atoms with Crippen molar-refractivity contribution < 1.29 is 4.79 Å². The van der Waals surface area contributed by atoms with Gasteiger partial charge in [-0.15, -0.1) is 0 Å². The number of rotatable bonds is 6. The summed E-state index contributed by atoms with van der Waals surface area (Å²) in [6, 6.07) is 20.3. The topological polar surface area (TPSA) is 34.0 Å². The summed E-state index contributed by atoms with van der Waals surface area (Å²) in [6.45, 7) is 4.17. The highest BCUT2D eigenvalue weighted by molar-refractivity contribution is 5.92. The van der Waals surface area contributed by atoms with Crippen LogP contribution in [-0.4, -0.2) is 10.5 Å². The lowest BCUT2D eigenvalue weighted by molar-refractivity contribution is -0.116. The van der Waals surface area contributed by atoms with Crippen molar-refractivity contribution in [2.75, 3.05) is 5.32 Å². The van der Waals surface area contributed by atoms with Gasteiger partial charge in [0.1, 0.15) is 0 Å². The van der Waals surface area contributed by atoms with Gasteiger partial charge in [-0.25, -0.2) is 0 Å². The van der Waals surface area contributed by atoms with Crippen LogP contribution in [0.5, 0.6) is 0 Å². The second kappa shape index (κ2) is 7.84. The van der Waals surface area contributed by atoms with Gasteiger partial charge in [0.25, 0.3) is 0 Å². The number of nitrogens with one attached hydrogen (secondary N) is 1. The summed E-state index contributed by atoms with van der Waals surface area (Å²) in [5.74, 6) is 0.0288. The van der Waals surface area contributed by atoms with Crippen molar-refractivity contribution in [2.24, 2.45) is 0 Å². The van der Waals surface area contributed by atoms with Gasteiger partial charge in [0.2, 0.25) is 5.91 Å². The maximum absolute atomic E-state index is 12.7. The molecule has 1 aromatic heterocycles. The van der Waals surface area contributed by atoms with Crippen molar-refractivity contribution in [3.63, 3.8) is 0 Å². The number of nitrogens with zero attached hydrogens (tertiary/aromatic N) is 1. The van der Waals surface area contributed by atoms with E-state index in [1.54, 1.807) is 0 Å². The fourth-order valence-electron chi connectivity index (χ4n) is 3.16. The molecule has 0 bridgehead atoms. The van der Waals surface area contributed by atoms with Crippen molar-refractivity contribution in [3.8, 4) is 0 Å². The Balaban J connectivity index is 1.82. The van der Waals surface area contributed by atoms with Crippen molar-refractivity contribution in [3.05, 3.63) is 89.7 Å². The third-order valence-electron chi connectivity index (χ3n) is 4.47. The SMILES string of the molecule is CCc1ccccc1NC(=O)C[C@@H](c1cccc(C)c1)n1cccc1. The first-order valence-corrected chi connectivity index (χ1v) is 8.74. The summed E-state index contributed by atoms with van der Waals surface area (Å²) in [5, 5.41) is 3.09. The Morgan fingerprint density at radius 3 is 2.52 bits per heavy atom.